The first-order valence-corrected chi connectivity index (χ1v) is 5.90. The van der Waals surface area contributed by atoms with Crippen LogP contribution in [0.15, 0.2) is 12.1 Å². The normalized spacial score (nSPS) is 10.9. The highest BCUT2D eigenvalue weighted by molar-refractivity contribution is 5.96. The highest BCUT2D eigenvalue weighted by atomic mass is 19.1. The number of carbonyl (C=O) groups excluding carboxylic acids is 1. The Morgan fingerprint density at radius 2 is 1.88 bits per heavy atom. The van der Waals surface area contributed by atoms with Crippen molar-refractivity contribution >= 4 is 5.78 Å². The van der Waals surface area contributed by atoms with E-state index >= 15 is 0 Å². The topological polar surface area (TPSA) is 17.1 Å². The predicted molar refractivity (Wildman–Crippen MR) is 64.1 cm³/mol. The first-order valence-electron chi connectivity index (χ1n) is 5.90. The maximum Gasteiger partial charge on any atom is 0.165 e. The molecule has 3 heteroatoms. The maximum atomic E-state index is 13.4. The minimum absolute atomic E-state index is 0.00709. The van der Waals surface area contributed by atoms with Crippen LogP contribution in [0.4, 0.5) is 8.78 Å². The van der Waals surface area contributed by atoms with Crippen molar-refractivity contribution in [2.45, 2.75) is 40.0 Å². The molecule has 0 unspecified atom stereocenters. The molecule has 0 radical (unpaired) electrons. The number of Topliss-reactive ketones (excluding diaryl/α,β-unsaturated/α-hetero) is 1. The Kier molecular flexibility index (Phi) is 4.79. The van der Waals surface area contributed by atoms with E-state index in [1.54, 1.807) is 0 Å². The molecule has 1 nitrogen and oxygen atoms in total. The number of aryl methyl sites for hydroxylation is 1. The van der Waals surface area contributed by atoms with Gasteiger partial charge in [0.05, 0.1) is 5.56 Å². The number of ketones is 1. The zero-order valence-corrected chi connectivity index (χ0v) is 10.5. The Morgan fingerprint density at radius 3 is 2.47 bits per heavy atom. The summed E-state index contributed by atoms with van der Waals surface area (Å²) in [5.74, 6) is -1.09. The molecule has 1 rings (SSSR count). The van der Waals surface area contributed by atoms with Crippen molar-refractivity contribution in [3.63, 3.8) is 0 Å². The summed E-state index contributed by atoms with van der Waals surface area (Å²) < 4.78 is 26.4. The first kappa shape index (κ1) is 13.8. The fraction of sp³-hybridized carbons (Fsp3) is 0.500. The van der Waals surface area contributed by atoms with E-state index < -0.39 is 11.6 Å². The van der Waals surface area contributed by atoms with Gasteiger partial charge in [-0.2, -0.15) is 0 Å². The highest BCUT2D eigenvalue weighted by Gasteiger charge is 2.14. The van der Waals surface area contributed by atoms with Crippen molar-refractivity contribution in [1.82, 2.24) is 0 Å². The fourth-order valence-electron chi connectivity index (χ4n) is 1.68. The molecule has 0 fully saturated rings. The summed E-state index contributed by atoms with van der Waals surface area (Å²) in [6.45, 7) is 5.68. The van der Waals surface area contributed by atoms with Crippen LogP contribution in [-0.2, 0) is 0 Å². The lowest BCUT2D eigenvalue weighted by atomic mass is 10.00. The van der Waals surface area contributed by atoms with E-state index in [0.717, 1.165) is 18.9 Å². The smallest absolute Gasteiger partial charge is 0.165 e. The van der Waals surface area contributed by atoms with Gasteiger partial charge in [-0.05, 0) is 30.9 Å². The van der Waals surface area contributed by atoms with Gasteiger partial charge in [0.2, 0.25) is 0 Å². The van der Waals surface area contributed by atoms with E-state index in [0.29, 0.717) is 17.9 Å². The van der Waals surface area contributed by atoms with Crippen LogP contribution in [0.2, 0.25) is 0 Å². The molecule has 0 atom stereocenters. The molecule has 17 heavy (non-hydrogen) atoms. The lowest BCUT2D eigenvalue weighted by Crippen LogP contribution is -2.05. The van der Waals surface area contributed by atoms with Crippen molar-refractivity contribution in [2.75, 3.05) is 0 Å². The Morgan fingerprint density at radius 1 is 1.24 bits per heavy atom. The van der Waals surface area contributed by atoms with Gasteiger partial charge in [-0.25, -0.2) is 8.78 Å². The third-order valence-corrected chi connectivity index (χ3v) is 2.73. The molecule has 0 amide bonds. The van der Waals surface area contributed by atoms with Crippen LogP contribution in [-0.4, -0.2) is 5.78 Å². The summed E-state index contributed by atoms with van der Waals surface area (Å²) in [6, 6.07) is 2.08. The van der Waals surface area contributed by atoms with E-state index in [-0.39, 0.29) is 11.3 Å². The predicted octanol–water partition coefficient (Wildman–Crippen LogP) is 4.28. The second-order valence-electron chi connectivity index (χ2n) is 4.79. The minimum Gasteiger partial charge on any atom is -0.294 e. The summed E-state index contributed by atoms with van der Waals surface area (Å²) in [5.41, 5.74) is 0.311. The van der Waals surface area contributed by atoms with E-state index in [1.807, 2.05) is 0 Å². The quantitative estimate of drug-likeness (QED) is 0.702. The van der Waals surface area contributed by atoms with Crippen LogP contribution in [0.5, 0.6) is 0 Å². The van der Waals surface area contributed by atoms with Gasteiger partial charge in [0.1, 0.15) is 11.6 Å². The second-order valence-corrected chi connectivity index (χ2v) is 4.79. The fourth-order valence-corrected chi connectivity index (χ4v) is 1.68. The van der Waals surface area contributed by atoms with E-state index in [9.17, 15) is 13.6 Å². The van der Waals surface area contributed by atoms with Gasteiger partial charge in [-0.15, -0.1) is 0 Å². The van der Waals surface area contributed by atoms with Gasteiger partial charge in [0.25, 0.3) is 0 Å². The summed E-state index contributed by atoms with van der Waals surface area (Å²) in [5, 5.41) is 0. The van der Waals surface area contributed by atoms with Gasteiger partial charge >= 0.3 is 0 Å². The van der Waals surface area contributed by atoms with Crippen molar-refractivity contribution in [3.8, 4) is 0 Å². The first-order chi connectivity index (χ1) is 7.91. The van der Waals surface area contributed by atoms with Crippen LogP contribution in [0.3, 0.4) is 0 Å². The van der Waals surface area contributed by atoms with E-state index in [4.69, 9.17) is 0 Å². The molecule has 0 saturated heterocycles. The number of hydrogen-bond acceptors (Lipinski definition) is 1. The lowest BCUT2D eigenvalue weighted by Gasteiger charge is -2.06. The summed E-state index contributed by atoms with van der Waals surface area (Å²) >= 11 is 0. The minimum atomic E-state index is -0.761. The second kappa shape index (κ2) is 5.89. The molecule has 94 valence electrons. The molecule has 0 saturated carbocycles. The summed E-state index contributed by atoms with van der Waals surface area (Å²) in [6.07, 6.45) is 2.00. The van der Waals surface area contributed by atoms with Crippen molar-refractivity contribution in [1.29, 1.82) is 0 Å². The Bertz CT molecular complexity index is 411. The maximum absolute atomic E-state index is 13.4. The molecule has 0 aliphatic rings. The van der Waals surface area contributed by atoms with Gasteiger partial charge in [-0.1, -0.05) is 20.3 Å². The standard InChI is InChI=1S/C14H18F2O/c1-9(2)5-4-6-14(17)11-7-10(3)12(15)8-13(11)16/h7-9H,4-6H2,1-3H3. The van der Waals surface area contributed by atoms with Gasteiger partial charge in [0.15, 0.2) is 5.78 Å². The molecule has 0 aromatic heterocycles. The highest BCUT2D eigenvalue weighted by Crippen LogP contribution is 2.17. The van der Waals surface area contributed by atoms with Gasteiger partial charge in [-0.3, -0.25) is 4.79 Å². The van der Waals surface area contributed by atoms with Gasteiger partial charge < -0.3 is 0 Å². The number of hydrogen-bond donors (Lipinski definition) is 0. The SMILES string of the molecule is Cc1cc(C(=O)CCCC(C)C)c(F)cc1F. The van der Waals surface area contributed by atoms with E-state index in [2.05, 4.69) is 13.8 Å². The van der Waals surface area contributed by atoms with Crippen LogP contribution in [0.25, 0.3) is 0 Å². The molecular weight excluding hydrogens is 222 g/mol. The molecule has 0 heterocycles. The Labute approximate surface area is 101 Å². The van der Waals surface area contributed by atoms with Crippen molar-refractivity contribution < 1.29 is 13.6 Å². The monoisotopic (exact) mass is 240 g/mol. The van der Waals surface area contributed by atoms with Crippen LogP contribution in [0.1, 0.15) is 49.0 Å². The molecule has 1 aromatic rings. The summed E-state index contributed by atoms with van der Waals surface area (Å²) in [7, 11) is 0. The third kappa shape index (κ3) is 3.91. The summed E-state index contributed by atoms with van der Waals surface area (Å²) in [4.78, 5) is 11.7. The lowest BCUT2D eigenvalue weighted by molar-refractivity contribution is 0.0974. The van der Waals surface area contributed by atoms with Crippen molar-refractivity contribution in [2.24, 2.45) is 5.92 Å². The molecule has 1 aromatic carbocycles. The third-order valence-electron chi connectivity index (χ3n) is 2.73. The Balaban J connectivity index is 2.72. The van der Waals surface area contributed by atoms with Crippen LogP contribution in [0, 0.1) is 24.5 Å². The number of carbonyl (C=O) groups is 1. The number of halogens is 2. The Hall–Kier alpha value is -1.25. The average molecular weight is 240 g/mol. The van der Waals surface area contributed by atoms with Crippen molar-refractivity contribution in [3.05, 3.63) is 34.9 Å². The molecule has 0 N–H and O–H groups in total. The van der Waals surface area contributed by atoms with Gasteiger partial charge in [0, 0.05) is 12.5 Å². The number of benzene rings is 1. The average Bonchev–Trinajstić information content (AvgIpc) is 2.22. The number of rotatable bonds is 5. The molecule has 0 aliphatic heterocycles. The zero-order valence-electron chi connectivity index (χ0n) is 10.5. The van der Waals surface area contributed by atoms with Crippen LogP contribution >= 0.6 is 0 Å². The van der Waals surface area contributed by atoms with Crippen LogP contribution < -0.4 is 0 Å². The molecule has 0 bridgehead atoms. The molecule has 0 spiro atoms. The largest absolute Gasteiger partial charge is 0.294 e. The molecular formula is C14H18F2O. The zero-order chi connectivity index (χ0) is 13.0. The molecule has 0 aliphatic carbocycles. The van der Waals surface area contributed by atoms with E-state index in [1.165, 1.54) is 13.0 Å².